The molecular weight excluding hydrogens is 126 g/mol. The van der Waals surface area contributed by atoms with Crippen LogP contribution in [-0.2, 0) is 4.79 Å². The molecule has 1 atom stereocenters. The van der Waals surface area contributed by atoms with Crippen molar-refractivity contribution in [2.24, 2.45) is 0 Å². The minimum absolute atomic E-state index is 0.148. The van der Waals surface area contributed by atoms with Crippen LogP contribution in [-0.4, -0.2) is 18.4 Å². The van der Waals surface area contributed by atoms with Gasteiger partial charge in [0, 0.05) is 0 Å². The first-order valence-corrected chi connectivity index (χ1v) is 3.37. The van der Waals surface area contributed by atoms with E-state index in [1.165, 1.54) is 0 Å². The quantitative estimate of drug-likeness (QED) is 0.595. The molecule has 0 rings (SSSR count). The second-order valence-electron chi connectivity index (χ2n) is 2.63. The van der Waals surface area contributed by atoms with Crippen molar-refractivity contribution in [3.8, 4) is 0 Å². The Morgan fingerprint density at radius 1 is 1.80 bits per heavy atom. The zero-order chi connectivity index (χ0) is 8.20. The van der Waals surface area contributed by atoms with Crippen LogP contribution in [0.5, 0.6) is 0 Å². The summed E-state index contributed by atoms with van der Waals surface area (Å²) in [6, 6.07) is 0. The Morgan fingerprint density at radius 2 is 2.30 bits per heavy atom. The topological polar surface area (TPSA) is 29.1 Å². The number of hydrogen-bond acceptors (Lipinski definition) is 2. The molecule has 0 aromatic heterocycles. The molecule has 0 bridgehead atoms. The highest BCUT2D eigenvalue weighted by Crippen LogP contribution is 2.09. The van der Waals surface area contributed by atoms with E-state index in [1.54, 1.807) is 20.0 Å². The maximum atomic E-state index is 11.0. The van der Waals surface area contributed by atoms with Crippen LogP contribution >= 0.6 is 0 Å². The minimum Gasteiger partial charge on any atom is -0.308 e. The molecule has 0 aliphatic heterocycles. The molecule has 0 saturated carbocycles. The molecule has 0 aliphatic rings. The second-order valence-corrected chi connectivity index (χ2v) is 2.63. The lowest BCUT2D eigenvalue weighted by molar-refractivity contribution is -0.122. The van der Waals surface area contributed by atoms with Crippen LogP contribution in [0.2, 0.25) is 0 Å². The summed E-state index contributed by atoms with van der Waals surface area (Å²) in [6.45, 7) is 7.04. The van der Waals surface area contributed by atoms with Gasteiger partial charge in [0.1, 0.15) is 5.78 Å². The van der Waals surface area contributed by atoms with Crippen molar-refractivity contribution in [3.63, 3.8) is 0 Å². The van der Waals surface area contributed by atoms with Crippen LogP contribution in [0.25, 0.3) is 0 Å². The van der Waals surface area contributed by atoms with E-state index >= 15 is 0 Å². The number of carbonyl (C=O) groups is 1. The molecular formula is C8H15NO. The molecule has 0 aliphatic carbocycles. The second kappa shape index (κ2) is 3.52. The molecule has 0 amide bonds. The monoisotopic (exact) mass is 141 g/mol. The first kappa shape index (κ1) is 9.37. The number of carbonyl (C=O) groups excluding carboxylic acids is 1. The Bertz CT molecular complexity index is 142. The van der Waals surface area contributed by atoms with E-state index in [1.807, 2.05) is 6.92 Å². The summed E-state index contributed by atoms with van der Waals surface area (Å²) in [6.07, 6.45) is 2.43. The lowest BCUT2D eigenvalue weighted by atomic mass is 9.94. The fourth-order valence-corrected chi connectivity index (χ4v) is 0.710. The predicted octanol–water partition coefficient (Wildman–Crippen LogP) is 1.13. The minimum atomic E-state index is -0.415. The molecule has 2 nitrogen and oxygen atoms in total. The summed E-state index contributed by atoms with van der Waals surface area (Å²) in [5.41, 5.74) is -0.415. The highest BCUT2D eigenvalue weighted by molar-refractivity contribution is 5.85. The summed E-state index contributed by atoms with van der Waals surface area (Å²) < 4.78 is 0. The van der Waals surface area contributed by atoms with Gasteiger partial charge in [-0.3, -0.25) is 4.79 Å². The Morgan fingerprint density at radius 3 is 2.40 bits per heavy atom. The third-order valence-corrected chi connectivity index (χ3v) is 1.88. The fourth-order valence-electron chi connectivity index (χ4n) is 0.710. The lowest BCUT2D eigenvalue weighted by Crippen LogP contribution is -2.45. The highest BCUT2D eigenvalue weighted by Gasteiger charge is 2.25. The van der Waals surface area contributed by atoms with Crippen LogP contribution < -0.4 is 5.32 Å². The average molecular weight is 141 g/mol. The van der Waals surface area contributed by atoms with Gasteiger partial charge in [0.15, 0.2) is 0 Å². The third-order valence-electron chi connectivity index (χ3n) is 1.88. The summed E-state index contributed by atoms with van der Waals surface area (Å²) in [5.74, 6) is 0.148. The van der Waals surface area contributed by atoms with Crippen LogP contribution in [0, 0.1) is 0 Å². The Hall–Kier alpha value is -0.630. The molecule has 0 saturated heterocycles. The smallest absolute Gasteiger partial charge is 0.149 e. The van der Waals surface area contributed by atoms with Gasteiger partial charge >= 0.3 is 0 Å². The molecule has 0 fully saturated rings. The standard InChI is InChI=1S/C8H15NO/c1-5-6-8(3,9-4)7(2)10/h5,9H,1,6H2,2-4H3/t8-/m1/s1. The number of Topliss-reactive ketones (excluding diaryl/α,β-unsaturated/α-hetero) is 1. The van der Waals surface area contributed by atoms with Gasteiger partial charge < -0.3 is 5.32 Å². The lowest BCUT2D eigenvalue weighted by Gasteiger charge is -2.24. The maximum Gasteiger partial charge on any atom is 0.149 e. The van der Waals surface area contributed by atoms with Crippen LogP contribution in [0.3, 0.4) is 0 Å². The van der Waals surface area contributed by atoms with Crippen molar-refractivity contribution in [1.82, 2.24) is 5.32 Å². The van der Waals surface area contributed by atoms with Gasteiger partial charge in [-0.05, 0) is 27.3 Å². The number of hydrogen-bond donors (Lipinski definition) is 1. The van der Waals surface area contributed by atoms with Crippen molar-refractivity contribution in [3.05, 3.63) is 12.7 Å². The van der Waals surface area contributed by atoms with Gasteiger partial charge in [-0.1, -0.05) is 6.08 Å². The summed E-state index contributed by atoms with van der Waals surface area (Å²) >= 11 is 0. The Kier molecular flexibility index (Phi) is 3.30. The first-order valence-electron chi connectivity index (χ1n) is 3.37. The molecule has 0 aromatic rings. The fraction of sp³-hybridized carbons (Fsp3) is 0.625. The number of likely N-dealkylation sites (N-methyl/N-ethyl adjacent to an activating group) is 1. The molecule has 0 heterocycles. The normalized spacial score (nSPS) is 15.9. The molecule has 10 heavy (non-hydrogen) atoms. The Labute approximate surface area is 62.3 Å². The van der Waals surface area contributed by atoms with Gasteiger partial charge in [0.05, 0.1) is 5.54 Å². The zero-order valence-corrected chi connectivity index (χ0v) is 6.90. The molecule has 0 spiro atoms. The average Bonchev–Trinajstić information content (AvgIpc) is 1.88. The van der Waals surface area contributed by atoms with Gasteiger partial charge in [-0.25, -0.2) is 0 Å². The molecule has 0 unspecified atom stereocenters. The van der Waals surface area contributed by atoms with Crippen LogP contribution in [0.15, 0.2) is 12.7 Å². The molecule has 2 heteroatoms. The first-order chi connectivity index (χ1) is 4.56. The van der Waals surface area contributed by atoms with Crippen LogP contribution in [0.1, 0.15) is 20.3 Å². The van der Waals surface area contributed by atoms with Crippen molar-refractivity contribution < 1.29 is 4.79 Å². The van der Waals surface area contributed by atoms with E-state index in [-0.39, 0.29) is 5.78 Å². The summed E-state index contributed by atoms with van der Waals surface area (Å²) in [4.78, 5) is 11.0. The summed E-state index contributed by atoms with van der Waals surface area (Å²) in [5, 5.41) is 2.96. The number of nitrogens with one attached hydrogen (secondary N) is 1. The van der Waals surface area contributed by atoms with E-state index in [0.717, 1.165) is 0 Å². The van der Waals surface area contributed by atoms with E-state index in [2.05, 4.69) is 11.9 Å². The molecule has 1 N–H and O–H groups in total. The zero-order valence-electron chi connectivity index (χ0n) is 6.90. The predicted molar refractivity (Wildman–Crippen MR) is 43.0 cm³/mol. The van der Waals surface area contributed by atoms with Crippen LogP contribution in [0.4, 0.5) is 0 Å². The SMILES string of the molecule is C=CC[C@@](C)(NC)C(C)=O. The molecule has 0 aromatic carbocycles. The van der Waals surface area contributed by atoms with E-state index in [0.29, 0.717) is 6.42 Å². The Balaban J connectivity index is 4.21. The van der Waals surface area contributed by atoms with Crippen molar-refractivity contribution in [1.29, 1.82) is 0 Å². The van der Waals surface area contributed by atoms with Gasteiger partial charge in [-0.15, -0.1) is 6.58 Å². The van der Waals surface area contributed by atoms with E-state index in [9.17, 15) is 4.79 Å². The van der Waals surface area contributed by atoms with Gasteiger partial charge in [0.2, 0.25) is 0 Å². The van der Waals surface area contributed by atoms with Gasteiger partial charge in [-0.2, -0.15) is 0 Å². The highest BCUT2D eigenvalue weighted by atomic mass is 16.1. The molecule has 0 radical (unpaired) electrons. The van der Waals surface area contributed by atoms with Crippen molar-refractivity contribution in [2.45, 2.75) is 25.8 Å². The summed E-state index contributed by atoms with van der Waals surface area (Å²) in [7, 11) is 1.78. The van der Waals surface area contributed by atoms with E-state index in [4.69, 9.17) is 0 Å². The largest absolute Gasteiger partial charge is 0.308 e. The van der Waals surface area contributed by atoms with Crippen molar-refractivity contribution in [2.75, 3.05) is 7.05 Å². The third kappa shape index (κ3) is 1.95. The van der Waals surface area contributed by atoms with Crippen molar-refractivity contribution >= 4 is 5.78 Å². The van der Waals surface area contributed by atoms with Gasteiger partial charge in [0.25, 0.3) is 0 Å². The molecule has 58 valence electrons. The van der Waals surface area contributed by atoms with E-state index < -0.39 is 5.54 Å². The maximum absolute atomic E-state index is 11.0. The number of rotatable bonds is 4. The number of ketones is 1.